The Hall–Kier alpha value is -1.74. The number of hydrogen-bond donors (Lipinski definition) is 2. The predicted molar refractivity (Wildman–Crippen MR) is 108 cm³/mol. The molecule has 3 aliphatic carbocycles. The standard InChI is InChI=1S/C24H32O3/c1-4-6-17(5-2)27-21-14-24(3)20(11-12-22(24)26)19-9-7-15-13-16(25)8-10-18(15)23(19)21/h4-6,8,10,13,19-23,25-26H,7,9,11-12,14H2,1-3H3/b6-4-,17-5+. The molecule has 0 heterocycles. The van der Waals surface area contributed by atoms with Crippen LogP contribution in [0.25, 0.3) is 0 Å². The summed E-state index contributed by atoms with van der Waals surface area (Å²) >= 11 is 0. The van der Waals surface area contributed by atoms with E-state index in [9.17, 15) is 10.2 Å². The van der Waals surface area contributed by atoms with Crippen LogP contribution in [-0.2, 0) is 11.2 Å². The van der Waals surface area contributed by atoms with Gasteiger partial charge in [-0.3, -0.25) is 0 Å². The largest absolute Gasteiger partial charge is 0.508 e. The van der Waals surface area contributed by atoms with Crippen molar-refractivity contribution < 1.29 is 14.9 Å². The maximum atomic E-state index is 10.8. The number of aliphatic hydroxyl groups is 1. The Morgan fingerprint density at radius 3 is 2.78 bits per heavy atom. The van der Waals surface area contributed by atoms with Crippen molar-refractivity contribution in [2.75, 3.05) is 0 Å². The van der Waals surface area contributed by atoms with Gasteiger partial charge in [0.1, 0.15) is 17.6 Å². The number of allylic oxidation sites excluding steroid dienone is 3. The molecule has 2 N–H and O–H groups in total. The van der Waals surface area contributed by atoms with Gasteiger partial charge in [-0.05, 0) is 93.2 Å². The van der Waals surface area contributed by atoms with Crippen LogP contribution in [0.3, 0.4) is 0 Å². The van der Waals surface area contributed by atoms with Gasteiger partial charge in [0.25, 0.3) is 0 Å². The third kappa shape index (κ3) is 3.00. The highest BCUT2D eigenvalue weighted by Gasteiger charge is 2.58. The molecule has 146 valence electrons. The Kier molecular flexibility index (Phi) is 4.84. The first-order valence-electron chi connectivity index (χ1n) is 10.4. The molecule has 3 nitrogen and oxygen atoms in total. The highest BCUT2D eigenvalue weighted by atomic mass is 16.5. The number of rotatable bonds is 3. The Labute approximate surface area is 162 Å². The summed E-state index contributed by atoms with van der Waals surface area (Å²) in [5.74, 6) is 2.67. The number of phenolic OH excluding ortho intramolecular Hbond substituents is 1. The SMILES string of the molecule is C/C=C\C(=C/C)OC1CC2(C)C(O)CCC2C2CCc3cc(O)ccc3C12. The molecular weight excluding hydrogens is 336 g/mol. The Balaban J connectivity index is 1.76. The van der Waals surface area contributed by atoms with Crippen LogP contribution in [-0.4, -0.2) is 22.4 Å². The normalized spacial score (nSPS) is 38.4. The molecule has 0 bridgehead atoms. The molecule has 1 aromatic carbocycles. The third-order valence-electron chi connectivity index (χ3n) is 7.51. The molecule has 4 rings (SSSR count). The molecule has 0 aromatic heterocycles. The minimum atomic E-state index is -0.230. The first kappa shape index (κ1) is 18.6. The van der Waals surface area contributed by atoms with Crippen molar-refractivity contribution in [3.63, 3.8) is 0 Å². The minimum absolute atomic E-state index is 0.0509. The van der Waals surface area contributed by atoms with Gasteiger partial charge in [-0.25, -0.2) is 0 Å². The van der Waals surface area contributed by atoms with Crippen LogP contribution in [0.4, 0.5) is 0 Å². The maximum absolute atomic E-state index is 10.8. The van der Waals surface area contributed by atoms with Crippen molar-refractivity contribution >= 4 is 0 Å². The summed E-state index contributed by atoms with van der Waals surface area (Å²) in [5.41, 5.74) is 2.54. The molecule has 0 amide bonds. The molecule has 1 aromatic rings. The van der Waals surface area contributed by atoms with Crippen molar-refractivity contribution in [3.05, 3.63) is 53.3 Å². The number of benzene rings is 1. The van der Waals surface area contributed by atoms with Gasteiger partial charge < -0.3 is 14.9 Å². The summed E-state index contributed by atoms with van der Waals surface area (Å²) in [6.45, 7) is 6.30. The first-order chi connectivity index (χ1) is 13.0. The second kappa shape index (κ2) is 7.01. The lowest BCUT2D eigenvalue weighted by molar-refractivity contribution is -0.0874. The van der Waals surface area contributed by atoms with E-state index < -0.39 is 0 Å². The number of phenols is 1. The van der Waals surface area contributed by atoms with E-state index in [1.165, 1.54) is 11.1 Å². The summed E-state index contributed by atoms with van der Waals surface area (Å²) in [6.07, 6.45) is 10.9. The van der Waals surface area contributed by atoms with E-state index in [1.807, 2.05) is 44.2 Å². The minimum Gasteiger partial charge on any atom is -0.508 e. The van der Waals surface area contributed by atoms with Crippen molar-refractivity contribution in [3.8, 4) is 5.75 Å². The van der Waals surface area contributed by atoms with E-state index >= 15 is 0 Å². The number of ether oxygens (including phenoxy) is 1. The van der Waals surface area contributed by atoms with Crippen LogP contribution in [0.5, 0.6) is 5.75 Å². The molecule has 0 aliphatic heterocycles. The molecule has 6 unspecified atom stereocenters. The van der Waals surface area contributed by atoms with Crippen LogP contribution >= 0.6 is 0 Å². The lowest BCUT2D eigenvalue weighted by Crippen LogP contribution is -2.50. The highest BCUT2D eigenvalue weighted by molar-refractivity contribution is 5.41. The summed E-state index contributed by atoms with van der Waals surface area (Å²) in [5, 5.41) is 20.7. The van der Waals surface area contributed by atoms with E-state index in [2.05, 4.69) is 13.0 Å². The van der Waals surface area contributed by atoms with Gasteiger partial charge in [0.15, 0.2) is 0 Å². The summed E-state index contributed by atoms with van der Waals surface area (Å²) < 4.78 is 6.56. The Bertz CT molecular complexity index is 765. The molecule has 27 heavy (non-hydrogen) atoms. The smallest absolute Gasteiger partial charge is 0.115 e. The fourth-order valence-corrected chi connectivity index (χ4v) is 6.25. The molecular formula is C24H32O3. The summed E-state index contributed by atoms with van der Waals surface area (Å²) in [7, 11) is 0. The molecule has 0 radical (unpaired) electrons. The molecule has 0 saturated heterocycles. The quantitative estimate of drug-likeness (QED) is 0.577. The van der Waals surface area contributed by atoms with Gasteiger partial charge in [0.2, 0.25) is 0 Å². The van der Waals surface area contributed by atoms with Crippen molar-refractivity contribution in [2.45, 2.75) is 71.0 Å². The van der Waals surface area contributed by atoms with E-state index in [4.69, 9.17) is 4.74 Å². The van der Waals surface area contributed by atoms with Crippen molar-refractivity contribution in [2.24, 2.45) is 17.3 Å². The van der Waals surface area contributed by atoms with Gasteiger partial charge in [-0.1, -0.05) is 19.1 Å². The van der Waals surface area contributed by atoms with E-state index in [0.717, 1.165) is 37.9 Å². The van der Waals surface area contributed by atoms with E-state index in [0.29, 0.717) is 23.5 Å². The lowest BCUT2D eigenvalue weighted by Gasteiger charge is -2.53. The number of fused-ring (bicyclic) bond motifs is 5. The number of hydrogen-bond acceptors (Lipinski definition) is 3. The van der Waals surface area contributed by atoms with Gasteiger partial charge >= 0.3 is 0 Å². The number of aromatic hydroxyl groups is 1. The third-order valence-corrected chi connectivity index (χ3v) is 7.51. The second-order valence-corrected chi connectivity index (χ2v) is 8.87. The molecule has 2 fully saturated rings. The average molecular weight is 369 g/mol. The number of aryl methyl sites for hydroxylation is 1. The molecule has 6 atom stereocenters. The second-order valence-electron chi connectivity index (χ2n) is 8.87. The predicted octanol–water partition coefficient (Wildman–Crippen LogP) is 5.08. The highest BCUT2D eigenvalue weighted by Crippen LogP contribution is 2.61. The summed E-state index contributed by atoms with van der Waals surface area (Å²) in [6, 6.07) is 5.86. The topological polar surface area (TPSA) is 49.7 Å². The van der Waals surface area contributed by atoms with Crippen LogP contribution in [0.15, 0.2) is 42.2 Å². The number of aliphatic hydroxyl groups excluding tert-OH is 1. The van der Waals surface area contributed by atoms with Gasteiger partial charge in [-0.2, -0.15) is 0 Å². The van der Waals surface area contributed by atoms with E-state index in [1.54, 1.807) is 0 Å². The fourth-order valence-electron chi connectivity index (χ4n) is 6.25. The zero-order chi connectivity index (χ0) is 19.2. The zero-order valence-corrected chi connectivity index (χ0v) is 16.7. The first-order valence-corrected chi connectivity index (χ1v) is 10.4. The monoisotopic (exact) mass is 368 g/mol. The van der Waals surface area contributed by atoms with E-state index in [-0.39, 0.29) is 17.6 Å². The van der Waals surface area contributed by atoms with Crippen molar-refractivity contribution in [1.29, 1.82) is 0 Å². The molecule has 0 spiro atoms. The lowest BCUT2D eigenvalue weighted by atomic mass is 9.54. The van der Waals surface area contributed by atoms with Crippen molar-refractivity contribution in [1.82, 2.24) is 0 Å². The van der Waals surface area contributed by atoms with Crippen LogP contribution < -0.4 is 0 Å². The van der Waals surface area contributed by atoms with Gasteiger partial charge in [0, 0.05) is 11.3 Å². The Morgan fingerprint density at radius 2 is 2.04 bits per heavy atom. The summed E-state index contributed by atoms with van der Waals surface area (Å²) in [4.78, 5) is 0. The molecule has 2 saturated carbocycles. The zero-order valence-electron chi connectivity index (χ0n) is 16.7. The van der Waals surface area contributed by atoms with Crippen LogP contribution in [0.2, 0.25) is 0 Å². The fraction of sp³-hybridized carbons (Fsp3) is 0.583. The average Bonchev–Trinajstić information content (AvgIpc) is 2.95. The molecule has 3 heteroatoms. The van der Waals surface area contributed by atoms with Gasteiger partial charge in [0.05, 0.1) is 6.10 Å². The maximum Gasteiger partial charge on any atom is 0.115 e. The van der Waals surface area contributed by atoms with Crippen LogP contribution in [0, 0.1) is 17.3 Å². The van der Waals surface area contributed by atoms with Crippen LogP contribution in [0.1, 0.15) is 63.5 Å². The van der Waals surface area contributed by atoms with Gasteiger partial charge in [-0.15, -0.1) is 0 Å². The molecule has 3 aliphatic rings. The Morgan fingerprint density at radius 1 is 1.22 bits per heavy atom.